The zero-order valence-corrected chi connectivity index (χ0v) is 15.4. The van der Waals surface area contributed by atoms with Crippen LogP contribution < -0.4 is 4.74 Å². The van der Waals surface area contributed by atoms with Crippen molar-refractivity contribution in [3.05, 3.63) is 47.0 Å². The molecule has 0 N–H and O–H groups in total. The number of fused-ring (bicyclic) bond motifs is 1. The number of ether oxygens (including phenoxy) is 1. The maximum Gasteiger partial charge on any atom is 0.267 e. The molecule has 1 aliphatic heterocycles. The molecule has 6 nitrogen and oxygen atoms in total. The summed E-state index contributed by atoms with van der Waals surface area (Å²) < 4.78 is 9.98. The van der Waals surface area contributed by atoms with Crippen molar-refractivity contribution < 1.29 is 9.53 Å². The van der Waals surface area contributed by atoms with Crippen LogP contribution >= 0.6 is 11.5 Å². The van der Waals surface area contributed by atoms with Crippen molar-refractivity contribution >= 4 is 28.3 Å². The third-order valence-corrected chi connectivity index (χ3v) is 5.29. The predicted octanol–water partition coefficient (Wildman–Crippen LogP) is 3.33. The highest BCUT2D eigenvalue weighted by molar-refractivity contribution is 7.08. The molecule has 2 aromatic heterocycles. The summed E-state index contributed by atoms with van der Waals surface area (Å²) in [7, 11) is 0. The number of amides is 1. The van der Waals surface area contributed by atoms with E-state index in [4.69, 9.17) is 4.74 Å². The quantitative estimate of drug-likeness (QED) is 0.691. The number of aryl methyl sites for hydroxylation is 1. The fourth-order valence-corrected chi connectivity index (χ4v) is 3.88. The van der Waals surface area contributed by atoms with E-state index in [-0.39, 0.29) is 12.0 Å². The van der Waals surface area contributed by atoms with Crippen molar-refractivity contribution in [1.29, 1.82) is 0 Å². The maximum absolute atomic E-state index is 12.8. The van der Waals surface area contributed by atoms with Crippen molar-refractivity contribution in [3.63, 3.8) is 0 Å². The Morgan fingerprint density at radius 2 is 2.19 bits per heavy atom. The second kappa shape index (κ2) is 7.37. The average molecular weight is 368 g/mol. The Morgan fingerprint density at radius 3 is 3.08 bits per heavy atom. The number of aromatic nitrogens is 3. The summed E-state index contributed by atoms with van der Waals surface area (Å²) in [4.78, 5) is 19.8. The fraction of sp³-hybridized carbons (Fsp3) is 0.368. The number of nitrogens with zero attached hydrogens (tertiary/aromatic N) is 4. The lowest BCUT2D eigenvalue weighted by Crippen LogP contribution is -2.31. The summed E-state index contributed by atoms with van der Waals surface area (Å²) >= 11 is 1.19. The van der Waals surface area contributed by atoms with E-state index < -0.39 is 0 Å². The molecule has 3 aromatic rings. The Balaban J connectivity index is 1.42. The van der Waals surface area contributed by atoms with Crippen LogP contribution in [0, 0.1) is 0 Å². The number of carbonyl (C=O) groups excluding carboxylic acids is 1. The van der Waals surface area contributed by atoms with Crippen LogP contribution in [0.4, 0.5) is 0 Å². The van der Waals surface area contributed by atoms with Gasteiger partial charge in [-0.3, -0.25) is 4.79 Å². The molecule has 1 aromatic carbocycles. The highest BCUT2D eigenvalue weighted by Crippen LogP contribution is 2.23. The maximum atomic E-state index is 12.8. The van der Waals surface area contributed by atoms with E-state index >= 15 is 0 Å². The molecule has 26 heavy (non-hydrogen) atoms. The Morgan fingerprint density at radius 1 is 1.31 bits per heavy atom. The van der Waals surface area contributed by atoms with E-state index in [9.17, 15) is 4.79 Å². The third-order valence-electron chi connectivity index (χ3n) is 4.53. The lowest BCUT2D eigenvalue weighted by atomic mass is 10.2. The zero-order valence-electron chi connectivity index (χ0n) is 14.6. The summed E-state index contributed by atoms with van der Waals surface area (Å²) in [6, 6.07) is 11.9. The first-order chi connectivity index (χ1) is 12.7. The zero-order chi connectivity index (χ0) is 17.9. The number of benzene rings is 1. The van der Waals surface area contributed by atoms with Gasteiger partial charge in [0, 0.05) is 24.4 Å². The van der Waals surface area contributed by atoms with E-state index in [0.717, 1.165) is 35.9 Å². The highest BCUT2D eigenvalue weighted by atomic mass is 32.1. The van der Waals surface area contributed by atoms with E-state index in [2.05, 4.69) is 21.5 Å². The molecule has 134 valence electrons. The van der Waals surface area contributed by atoms with Gasteiger partial charge in [0.1, 0.15) is 11.0 Å². The van der Waals surface area contributed by atoms with Gasteiger partial charge in [0.2, 0.25) is 5.88 Å². The molecule has 7 heteroatoms. The molecule has 1 amide bonds. The molecule has 1 aliphatic rings. The van der Waals surface area contributed by atoms with E-state index in [0.29, 0.717) is 23.8 Å². The van der Waals surface area contributed by atoms with Gasteiger partial charge < -0.3 is 9.64 Å². The van der Waals surface area contributed by atoms with Crippen molar-refractivity contribution in [2.45, 2.75) is 32.3 Å². The SMILES string of the molecule is CCCc1nnsc1C(=O)N1CCC(Oc2ccc3ccccc3n2)C1. The largest absolute Gasteiger partial charge is 0.472 e. The van der Waals surface area contributed by atoms with Crippen LogP contribution in [-0.4, -0.2) is 44.6 Å². The molecule has 1 unspecified atom stereocenters. The van der Waals surface area contributed by atoms with Crippen LogP contribution in [-0.2, 0) is 6.42 Å². The number of likely N-dealkylation sites (tertiary alicyclic amines) is 1. The molecule has 4 rings (SSSR count). The molecule has 3 heterocycles. The molecule has 1 saturated heterocycles. The molecular formula is C19H20N4O2S. The normalized spacial score (nSPS) is 17.0. The molecule has 0 saturated carbocycles. The predicted molar refractivity (Wildman–Crippen MR) is 101 cm³/mol. The van der Waals surface area contributed by atoms with Crippen LogP contribution in [0.25, 0.3) is 10.9 Å². The van der Waals surface area contributed by atoms with Gasteiger partial charge in [-0.25, -0.2) is 4.98 Å². The van der Waals surface area contributed by atoms with Gasteiger partial charge in [0.15, 0.2) is 0 Å². The van der Waals surface area contributed by atoms with Gasteiger partial charge in [0.05, 0.1) is 17.8 Å². The highest BCUT2D eigenvalue weighted by Gasteiger charge is 2.31. The number of pyridine rings is 1. The minimum atomic E-state index is -0.0388. The first-order valence-electron chi connectivity index (χ1n) is 8.87. The summed E-state index contributed by atoms with van der Waals surface area (Å²) in [6.07, 6.45) is 2.50. The lowest BCUT2D eigenvalue weighted by molar-refractivity contribution is 0.0774. The van der Waals surface area contributed by atoms with Gasteiger partial charge in [-0.15, -0.1) is 5.10 Å². The second-order valence-electron chi connectivity index (χ2n) is 6.42. The van der Waals surface area contributed by atoms with Crippen LogP contribution in [0.1, 0.15) is 35.1 Å². The van der Waals surface area contributed by atoms with Crippen molar-refractivity contribution in [1.82, 2.24) is 19.5 Å². The van der Waals surface area contributed by atoms with Crippen molar-refractivity contribution in [2.75, 3.05) is 13.1 Å². The van der Waals surface area contributed by atoms with Crippen LogP contribution in [0.2, 0.25) is 0 Å². The Hall–Kier alpha value is -2.54. The Labute approximate surface area is 156 Å². The Bertz CT molecular complexity index is 927. The minimum Gasteiger partial charge on any atom is -0.472 e. The monoisotopic (exact) mass is 368 g/mol. The molecule has 0 radical (unpaired) electrons. The first-order valence-corrected chi connectivity index (χ1v) is 9.65. The smallest absolute Gasteiger partial charge is 0.267 e. The first kappa shape index (κ1) is 16.9. The minimum absolute atomic E-state index is 0.0148. The fourth-order valence-electron chi connectivity index (χ4n) is 3.21. The van der Waals surface area contributed by atoms with Gasteiger partial charge in [-0.05, 0) is 30.1 Å². The van der Waals surface area contributed by atoms with Gasteiger partial charge in [0.25, 0.3) is 5.91 Å². The third kappa shape index (κ3) is 3.39. The summed E-state index contributed by atoms with van der Waals surface area (Å²) in [5.41, 5.74) is 1.72. The number of carbonyl (C=O) groups is 1. The van der Waals surface area contributed by atoms with Crippen LogP contribution in [0.3, 0.4) is 0 Å². The molecule has 0 spiro atoms. The van der Waals surface area contributed by atoms with Crippen molar-refractivity contribution in [3.8, 4) is 5.88 Å². The molecular weight excluding hydrogens is 348 g/mol. The number of para-hydroxylation sites is 1. The van der Waals surface area contributed by atoms with E-state index in [1.54, 1.807) is 0 Å². The van der Waals surface area contributed by atoms with E-state index in [1.165, 1.54) is 11.5 Å². The second-order valence-corrected chi connectivity index (χ2v) is 7.17. The number of hydrogen-bond acceptors (Lipinski definition) is 6. The Kier molecular flexibility index (Phi) is 4.79. The summed E-state index contributed by atoms with van der Waals surface area (Å²) in [5.74, 6) is 0.621. The van der Waals surface area contributed by atoms with Gasteiger partial charge >= 0.3 is 0 Å². The van der Waals surface area contributed by atoms with Gasteiger partial charge in [-0.2, -0.15) is 0 Å². The number of hydrogen-bond donors (Lipinski definition) is 0. The topological polar surface area (TPSA) is 68.2 Å². The number of rotatable bonds is 5. The summed E-state index contributed by atoms with van der Waals surface area (Å²) in [5, 5.41) is 5.18. The molecule has 0 bridgehead atoms. The molecule has 1 atom stereocenters. The van der Waals surface area contributed by atoms with E-state index in [1.807, 2.05) is 41.3 Å². The van der Waals surface area contributed by atoms with Crippen LogP contribution in [0.15, 0.2) is 36.4 Å². The summed E-state index contributed by atoms with van der Waals surface area (Å²) in [6.45, 7) is 3.32. The van der Waals surface area contributed by atoms with Gasteiger partial charge in [-0.1, -0.05) is 36.0 Å². The van der Waals surface area contributed by atoms with Crippen molar-refractivity contribution in [2.24, 2.45) is 0 Å². The van der Waals surface area contributed by atoms with Crippen LogP contribution in [0.5, 0.6) is 5.88 Å². The lowest BCUT2D eigenvalue weighted by Gasteiger charge is -2.16. The molecule has 1 fully saturated rings. The average Bonchev–Trinajstić information content (AvgIpc) is 3.31. The standard InChI is InChI=1S/C19H20N4O2S/c1-2-5-16-18(26-22-21-16)19(24)23-11-10-14(12-23)25-17-9-8-13-6-3-4-7-15(13)20-17/h3-4,6-9,14H,2,5,10-12H2,1H3. The molecule has 0 aliphatic carbocycles.